The smallest absolute Gasteiger partial charge is 0.347 e. The summed E-state index contributed by atoms with van der Waals surface area (Å²) in [6.45, 7) is -0.751. The number of amides is 2. The molecule has 4 atom stereocenters. The maximum absolute atomic E-state index is 15.4. The maximum Gasteiger partial charge on any atom is 0.347 e. The van der Waals surface area contributed by atoms with Crippen LogP contribution in [-0.4, -0.2) is 71.5 Å². The van der Waals surface area contributed by atoms with E-state index in [9.17, 15) is 42.3 Å². The second kappa shape index (κ2) is 14.5. The van der Waals surface area contributed by atoms with Crippen molar-refractivity contribution >= 4 is 67.7 Å². The summed E-state index contributed by atoms with van der Waals surface area (Å²) in [5, 5.41) is 10.7. The molecule has 0 unspecified atom stereocenters. The predicted octanol–water partition coefficient (Wildman–Crippen LogP) is 4.69. The summed E-state index contributed by atoms with van der Waals surface area (Å²) < 4.78 is 94.1. The summed E-state index contributed by atoms with van der Waals surface area (Å²) in [6.07, 6.45) is 0.337. The molecule has 1 aliphatic carbocycles. The first kappa shape index (κ1) is 42.0. The lowest BCUT2D eigenvalue weighted by Gasteiger charge is -2.49. The van der Waals surface area contributed by atoms with Crippen LogP contribution in [0.3, 0.4) is 0 Å². The number of phenolic OH excluding ortho intramolecular Hbond substituents is 1. The van der Waals surface area contributed by atoms with Crippen LogP contribution in [0.15, 0.2) is 54.8 Å². The van der Waals surface area contributed by atoms with E-state index in [2.05, 4.69) is 20.9 Å². The minimum absolute atomic E-state index is 0.0268. The van der Waals surface area contributed by atoms with Gasteiger partial charge in [0.05, 0.1) is 49.4 Å². The lowest BCUT2D eigenvalue weighted by atomic mass is 9.64. The Hall–Kier alpha value is -5.67. The maximum atomic E-state index is 15.4. The largest absolute Gasteiger partial charge is 0.503 e. The van der Waals surface area contributed by atoms with Gasteiger partial charge in [-0.2, -0.15) is 0 Å². The monoisotopic (exact) mass is 956 g/mol. The molecule has 0 spiro atoms. The van der Waals surface area contributed by atoms with Crippen molar-refractivity contribution < 1.29 is 50.9 Å². The number of carbonyl (C=O) groups excluding carboxylic acids is 2. The van der Waals surface area contributed by atoms with Gasteiger partial charge >= 0.3 is 11.4 Å². The number of fused-ring (bicyclic) bond motifs is 5. The van der Waals surface area contributed by atoms with Crippen molar-refractivity contribution in [3.05, 3.63) is 112 Å². The Labute approximate surface area is 356 Å². The van der Waals surface area contributed by atoms with E-state index >= 15 is 8.78 Å². The molecule has 15 nitrogen and oxygen atoms in total. The zero-order chi connectivity index (χ0) is 44.4. The number of nitrogens with zero attached hydrogens (tertiary/aromatic N) is 6. The highest BCUT2D eigenvalue weighted by Gasteiger charge is 2.76. The van der Waals surface area contributed by atoms with E-state index in [1.165, 1.54) is 51.2 Å². The number of phenols is 1. The quantitative estimate of drug-likeness (QED) is 0.0576. The number of aromatic nitrogens is 5. The molecule has 23 heteroatoms. The van der Waals surface area contributed by atoms with Gasteiger partial charge in [0.15, 0.2) is 56.0 Å². The van der Waals surface area contributed by atoms with Crippen molar-refractivity contribution in [3.8, 4) is 23.0 Å². The van der Waals surface area contributed by atoms with Gasteiger partial charge in [0.25, 0.3) is 17.4 Å². The highest BCUT2D eigenvalue weighted by molar-refractivity contribution is 9.10. The standard InChI is InChI=1S/C38H28BrCl2F5N6O9/c1-48-19-12-22(60-3)21(59-2)11-18(19)47-17(32(48)54)6-7-49-35(57)50-8-5-15-20(52(50)36(49)58)13-37(40)33(55)51(30-28(45)26(43)25(42)27(44)29(30)46)34(56)38(37,41)24(15)14-9-16(39)31(53)23(10-14)61-4/h5,9-12,20,24,53H,6-8,13H2,1-4H3/t20-,24+,37-,38+/m1/s1. The second-order valence-electron chi connectivity index (χ2n) is 14.3. The molecule has 2 amide bonds. The van der Waals surface area contributed by atoms with Crippen LogP contribution in [0.5, 0.6) is 23.0 Å². The molecule has 320 valence electrons. The van der Waals surface area contributed by atoms with Crippen molar-refractivity contribution in [2.24, 2.45) is 7.05 Å². The SMILES string of the molecule is COc1cc2nc(CCn3c(=O)n4n(c3=O)[C@@H]3C[C@@]5(Cl)C(=O)N(c6c(F)c(F)c(F)c(F)c6F)C(=O)[C@@]5(Cl)[C@@H](c5cc(Br)c(O)c(OC)c5)C3=CC4)c(=O)n(C)c2cc1OC. The fourth-order valence-corrected chi connectivity index (χ4v) is 9.82. The fraction of sp³-hybridized carbons (Fsp3) is 0.316. The number of aromatic hydroxyl groups is 1. The third-order valence-corrected chi connectivity index (χ3v) is 13.4. The molecule has 2 aromatic heterocycles. The molecule has 0 radical (unpaired) electrons. The van der Waals surface area contributed by atoms with Crippen molar-refractivity contribution in [2.45, 2.75) is 47.6 Å². The molecule has 2 fully saturated rings. The van der Waals surface area contributed by atoms with E-state index in [1.54, 1.807) is 12.1 Å². The summed E-state index contributed by atoms with van der Waals surface area (Å²) in [5.41, 5.74) is -3.60. The summed E-state index contributed by atoms with van der Waals surface area (Å²) in [5.74, 6) is -17.6. The number of benzene rings is 3. The van der Waals surface area contributed by atoms with E-state index in [1.807, 2.05) is 0 Å². The van der Waals surface area contributed by atoms with Gasteiger partial charge in [0, 0.05) is 44.5 Å². The highest BCUT2D eigenvalue weighted by atomic mass is 79.9. The molecule has 1 saturated carbocycles. The Morgan fingerprint density at radius 1 is 0.852 bits per heavy atom. The molecular formula is C38H28BrCl2F5N6O9. The summed E-state index contributed by atoms with van der Waals surface area (Å²) in [4.78, 5) is 69.3. The number of allylic oxidation sites excluding steroid dienone is 2. The number of rotatable bonds is 8. The van der Waals surface area contributed by atoms with Gasteiger partial charge in [-0.25, -0.2) is 55.4 Å². The first-order valence-electron chi connectivity index (χ1n) is 17.9. The summed E-state index contributed by atoms with van der Waals surface area (Å²) in [6, 6.07) is 4.12. The van der Waals surface area contributed by atoms with Crippen LogP contribution >= 0.6 is 39.1 Å². The van der Waals surface area contributed by atoms with Crippen LogP contribution in [0.2, 0.25) is 0 Å². The normalized spacial score (nSPS) is 22.0. The molecule has 2 aliphatic heterocycles. The molecule has 3 aromatic carbocycles. The Morgan fingerprint density at radius 2 is 1.46 bits per heavy atom. The lowest BCUT2D eigenvalue weighted by Crippen LogP contribution is -2.59. The van der Waals surface area contributed by atoms with Crippen molar-refractivity contribution in [3.63, 3.8) is 0 Å². The number of alkyl halides is 2. The van der Waals surface area contributed by atoms with Crippen LogP contribution in [0, 0.1) is 29.1 Å². The number of hydrogen-bond acceptors (Lipinski definition) is 10. The zero-order valence-corrected chi connectivity index (χ0v) is 34.9. The molecule has 1 N–H and O–H groups in total. The Balaban J connectivity index is 1.27. The van der Waals surface area contributed by atoms with Crippen LogP contribution in [0.4, 0.5) is 27.6 Å². The number of methoxy groups -OCH3 is 3. The van der Waals surface area contributed by atoms with Crippen LogP contribution in [0.25, 0.3) is 11.0 Å². The number of ether oxygens (including phenoxy) is 3. The topological polar surface area (TPSA) is 169 Å². The van der Waals surface area contributed by atoms with E-state index < -0.39 is 104 Å². The second-order valence-corrected chi connectivity index (χ2v) is 16.4. The van der Waals surface area contributed by atoms with Gasteiger partial charge in [-0.3, -0.25) is 14.4 Å². The van der Waals surface area contributed by atoms with Gasteiger partial charge in [-0.1, -0.05) is 6.08 Å². The van der Waals surface area contributed by atoms with Crippen LogP contribution in [-0.2, 0) is 36.1 Å². The van der Waals surface area contributed by atoms with Crippen LogP contribution in [0.1, 0.15) is 29.6 Å². The third-order valence-electron chi connectivity index (χ3n) is 11.4. The molecule has 8 rings (SSSR count). The lowest BCUT2D eigenvalue weighted by molar-refractivity contribution is -0.122. The Kier molecular flexibility index (Phi) is 9.97. The van der Waals surface area contributed by atoms with E-state index in [0.29, 0.717) is 22.5 Å². The average Bonchev–Trinajstić information content (AvgIpc) is 3.57. The van der Waals surface area contributed by atoms with E-state index in [0.717, 1.165) is 13.9 Å². The Bertz CT molecular complexity index is 3000. The van der Waals surface area contributed by atoms with Crippen molar-refractivity contribution in [1.29, 1.82) is 0 Å². The third kappa shape index (κ3) is 5.65. The summed E-state index contributed by atoms with van der Waals surface area (Å²) >= 11 is 17.5. The van der Waals surface area contributed by atoms with Gasteiger partial charge in [0.2, 0.25) is 5.82 Å². The molecule has 5 aromatic rings. The molecule has 3 aliphatic rings. The minimum Gasteiger partial charge on any atom is -0.503 e. The number of halogens is 8. The van der Waals surface area contributed by atoms with E-state index in [-0.39, 0.29) is 44.9 Å². The number of imide groups is 1. The van der Waals surface area contributed by atoms with Gasteiger partial charge in [-0.15, -0.1) is 23.2 Å². The first-order valence-corrected chi connectivity index (χ1v) is 19.4. The highest BCUT2D eigenvalue weighted by Crippen LogP contribution is 2.64. The van der Waals surface area contributed by atoms with Crippen molar-refractivity contribution in [1.82, 2.24) is 23.5 Å². The first-order chi connectivity index (χ1) is 28.8. The predicted molar refractivity (Wildman–Crippen MR) is 209 cm³/mol. The number of aryl methyl sites for hydroxylation is 2. The molecule has 61 heavy (non-hydrogen) atoms. The minimum atomic E-state index is -2.83. The number of carbonyl (C=O) groups is 2. The van der Waals surface area contributed by atoms with Gasteiger partial charge in [0.1, 0.15) is 11.4 Å². The molecule has 0 bridgehead atoms. The molecular weight excluding hydrogens is 930 g/mol. The summed E-state index contributed by atoms with van der Waals surface area (Å²) in [7, 11) is 5.52. The van der Waals surface area contributed by atoms with Gasteiger partial charge < -0.3 is 23.9 Å². The Morgan fingerprint density at radius 3 is 2.08 bits per heavy atom. The molecule has 4 heterocycles. The average molecular weight is 958 g/mol. The number of anilines is 1. The van der Waals surface area contributed by atoms with Crippen LogP contribution < -0.4 is 36.0 Å². The zero-order valence-electron chi connectivity index (χ0n) is 31.8. The molecule has 1 saturated heterocycles. The van der Waals surface area contributed by atoms with Gasteiger partial charge in [-0.05, 0) is 39.2 Å². The fourth-order valence-electron chi connectivity index (χ4n) is 8.45. The number of hydrogen-bond donors (Lipinski definition) is 1. The van der Waals surface area contributed by atoms with E-state index in [4.69, 9.17) is 37.4 Å². The van der Waals surface area contributed by atoms with Crippen molar-refractivity contribution in [2.75, 3.05) is 26.2 Å².